The van der Waals surface area contributed by atoms with Crippen LogP contribution in [0.5, 0.6) is 0 Å². The molecule has 1 aliphatic heterocycles. The van der Waals surface area contributed by atoms with E-state index in [1.165, 1.54) is 9.21 Å². The molecule has 0 bridgehead atoms. The quantitative estimate of drug-likeness (QED) is 0.590. The molecular formula is C20H21BrN2O5S. The molecular weight excluding hydrogens is 460 g/mol. The predicted octanol–water partition coefficient (Wildman–Crippen LogP) is 2.07. The molecule has 7 nitrogen and oxygen atoms in total. The number of hydrogen-bond donors (Lipinski definition) is 0. The van der Waals surface area contributed by atoms with E-state index in [0.29, 0.717) is 0 Å². The third kappa shape index (κ3) is 5.65. The minimum absolute atomic E-state index is 0.0870. The maximum Gasteiger partial charge on any atom is 0.310 e. The molecule has 0 N–H and O–H groups in total. The Bertz CT molecular complexity index is 956. The summed E-state index contributed by atoms with van der Waals surface area (Å²) < 4.78 is 32.6. The molecule has 0 aliphatic carbocycles. The van der Waals surface area contributed by atoms with Crippen LogP contribution in [0.2, 0.25) is 0 Å². The lowest BCUT2D eigenvalue weighted by Crippen LogP contribution is -2.51. The monoisotopic (exact) mass is 480 g/mol. The summed E-state index contributed by atoms with van der Waals surface area (Å²) in [5.41, 5.74) is 0.797. The Morgan fingerprint density at radius 3 is 2.17 bits per heavy atom. The van der Waals surface area contributed by atoms with E-state index in [2.05, 4.69) is 15.9 Å². The molecule has 0 atom stereocenters. The third-order valence-electron chi connectivity index (χ3n) is 4.59. The number of sulfonamides is 1. The summed E-state index contributed by atoms with van der Waals surface area (Å²) in [5, 5.41) is 0. The maximum absolute atomic E-state index is 12.6. The van der Waals surface area contributed by atoms with Crippen molar-refractivity contribution >= 4 is 37.8 Å². The molecule has 1 fully saturated rings. The first-order valence-electron chi connectivity index (χ1n) is 9.09. The maximum atomic E-state index is 12.6. The fourth-order valence-corrected chi connectivity index (χ4v) is 4.68. The zero-order chi connectivity index (χ0) is 20.9. The molecule has 1 heterocycles. The highest BCUT2D eigenvalue weighted by atomic mass is 79.9. The van der Waals surface area contributed by atoms with Crippen LogP contribution in [0.1, 0.15) is 5.56 Å². The number of amides is 1. The molecule has 0 aromatic heterocycles. The number of esters is 1. The average Bonchev–Trinajstić information content (AvgIpc) is 2.74. The second-order valence-corrected chi connectivity index (χ2v) is 9.42. The number of rotatable bonds is 6. The molecule has 0 saturated carbocycles. The predicted molar refractivity (Wildman–Crippen MR) is 111 cm³/mol. The van der Waals surface area contributed by atoms with Gasteiger partial charge in [-0.2, -0.15) is 4.31 Å². The largest absolute Gasteiger partial charge is 0.455 e. The van der Waals surface area contributed by atoms with E-state index in [0.717, 1.165) is 10.0 Å². The molecule has 0 spiro atoms. The third-order valence-corrected chi connectivity index (χ3v) is 7.03. The van der Waals surface area contributed by atoms with Gasteiger partial charge >= 0.3 is 5.97 Å². The first-order chi connectivity index (χ1) is 13.9. The van der Waals surface area contributed by atoms with Crippen LogP contribution >= 0.6 is 15.9 Å². The van der Waals surface area contributed by atoms with Gasteiger partial charge in [-0.3, -0.25) is 9.59 Å². The van der Waals surface area contributed by atoms with Gasteiger partial charge in [-0.25, -0.2) is 8.42 Å². The lowest BCUT2D eigenvalue weighted by atomic mass is 10.2. The van der Waals surface area contributed by atoms with Crippen molar-refractivity contribution < 1.29 is 22.7 Å². The van der Waals surface area contributed by atoms with Crippen LogP contribution in [0.4, 0.5) is 0 Å². The van der Waals surface area contributed by atoms with Gasteiger partial charge in [-0.15, -0.1) is 0 Å². The Kier molecular flexibility index (Phi) is 7.05. The molecule has 1 saturated heterocycles. The van der Waals surface area contributed by atoms with Crippen molar-refractivity contribution in [3.63, 3.8) is 0 Å². The van der Waals surface area contributed by atoms with Gasteiger partial charge in [0.25, 0.3) is 5.91 Å². The van der Waals surface area contributed by atoms with E-state index < -0.39 is 16.0 Å². The second kappa shape index (κ2) is 9.51. The van der Waals surface area contributed by atoms with Crippen LogP contribution in [-0.4, -0.2) is 62.3 Å². The first-order valence-corrected chi connectivity index (χ1v) is 11.3. The highest BCUT2D eigenvalue weighted by Crippen LogP contribution is 2.17. The van der Waals surface area contributed by atoms with Gasteiger partial charge in [0, 0.05) is 30.7 Å². The minimum atomic E-state index is -3.57. The van der Waals surface area contributed by atoms with Crippen molar-refractivity contribution in [2.45, 2.75) is 11.3 Å². The normalized spacial score (nSPS) is 15.1. The number of hydrogen-bond acceptors (Lipinski definition) is 5. The number of carbonyl (C=O) groups excluding carboxylic acids is 2. The van der Waals surface area contributed by atoms with Gasteiger partial charge < -0.3 is 9.64 Å². The van der Waals surface area contributed by atoms with Gasteiger partial charge in [0.15, 0.2) is 6.61 Å². The van der Waals surface area contributed by atoms with E-state index in [4.69, 9.17) is 4.74 Å². The molecule has 2 aromatic carbocycles. The van der Waals surface area contributed by atoms with Crippen LogP contribution in [0.25, 0.3) is 0 Å². The van der Waals surface area contributed by atoms with Gasteiger partial charge in [-0.05, 0) is 29.8 Å². The summed E-state index contributed by atoms with van der Waals surface area (Å²) in [4.78, 5) is 26.0. The van der Waals surface area contributed by atoms with Crippen LogP contribution in [0, 0.1) is 0 Å². The zero-order valence-electron chi connectivity index (χ0n) is 15.7. The molecule has 1 amide bonds. The zero-order valence-corrected chi connectivity index (χ0v) is 18.1. The molecule has 1 aliphatic rings. The molecule has 0 unspecified atom stereocenters. The van der Waals surface area contributed by atoms with Crippen molar-refractivity contribution in [3.05, 3.63) is 64.6 Å². The van der Waals surface area contributed by atoms with E-state index >= 15 is 0 Å². The minimum Gasteiger partial charge on any atom is -0.455 e. The van der Waals surface area contributed by atoms with Crippen LogP contribution in [0.15, 0.2) is 64.0 Å². The van der Waals surface area contributed by atoms with Crippen LogP contribution < -0.4 is 0 Å². The lowest BCUT2D eigenvalue weighted by Gasteiger charge is -2.33. The van der Waals surface area contributed by atoms with Crippen molar-refractivity contribution in [2.24, 2.45) is 0 Å². The van der Waals surface area contributed by atoms with Crippen molar-refractivity contribution in [1.29, 1.82) is 0 Å². The highest BCUT2D eigenvalue weighted by Gasteiger charge is 2.30. The summed E-state index contributed by atoms with van der Waals surface area (Å²) in [6.45, 7) is 0.580. The summed E-state index contributed by atoms with van der Waals surface area (Å²) >= 11 is 3.33. The second-order valence-electron chi connectivity index (χ2n) is 6.56. The van der Waals surface area contributed by atoms with E-state index in [-0.39, 0.29) is 50.0 Å². The number of ether oxygens (including phenoxy) is 1. The highest BCUT2D eigenvalue weighted by molar-refractivity contribution is 9.10. The molecule has 2 aromatic rings. The Morgan fingerprint density at radius 2 is 1.55 bits per heavy atom. The van der Waals surface area contributed by atoms with E-state index in [1.54, 1.807) is 42.5 Å². The number of carbonyl (C=O) groups is 2. The van der Waals surface area contributed by atoms with Gasteiger partial charge in [0.1, 0.15) is 0 Å². The average molecular weight is 481 g/mol. The van der Waals surface area contributed by atoms with Gasteiger partial charge in [0.2, 0.25) is 10.0 Å². The fourth-order valence-electron chi connectivity index (χ4n) is 2.97. The summed E-state index contributed by atoms with van der Waals surface area (Å²) in [6, 6.07) is 15.5. The number of nitrogens with zero attached hydrogens (tertiary/aromatic N) is 2. The smallest absolute Gasteiger partial charge is 0.310 e. The number of benzene rings is 2. The Hall–Kier alpha value is -2.23. The summed E-state index contributed by atoms with van der Waals surface area (Å²) in [5.74, 6) is -0.808. The topological polar surface area (TPSA) is 84.0 Å². The SMILES string of the molecule is O=C(Cc1ccc(Br)cc1)OCC(=O)N1CCN(S(=O)(=O)c2ccccc2)CC1. The first kappa shape index (κ1) is 21.5. The number of piperazine rings is 1. The van der Waals surface area contributed by atoms with Gasteiger partial charge in [0.05, 0.1) is 11.3 Å². The summed E-state index contributed by atoms with van der Waals surface area (Å²) in [7, 11) is -3.57. The molecule has 3 rings (SSSR count). The summed E-state index contributed by atoms with van der Waals surface area (Å²) in [6.07, 6.45) is 0.0870. The van der Waals surface area contributed by atoms with Crippen LogP contribution in [-0.2, 0) is 30.8 Å². The van der Waals surface area contributed by atoms with E-state index in [9.17, 15) is 18.0 Å². The van der Waals surface area contributed by atoms with Crippen molar-refractivity contribution in [3.8, 4) is 0 Å². The van der Waals surface area contributed by atoms with Crippen molar-refractivity contribution in [1.82, 2.24) is 9.21 Å². The van der Waals surface area contributed by atoms with Crippen molar-refractivity contribution in [2.75, 3.05) is 32.8 Å². The van der Waals surface area contributed by atoms with E-state index in [1.807, 2.05) is 12.1 Å². The Balaban J connectivity index is 1.46. The Labute approximate surface area is 178 Å². The fraction of sp³-hybridized carbons (Fsp3) is 0.300. The standard InChI is InChI=1S/C20H21BrN2O5S/c21-17-8-6-16(7-9-17)14-20(25)28-15-19(24)22-10-12-23(13-11-22)29(26,27)18-4-2-1-3-5-18/h1-9H,10-15H2. The molecule has 0 radical (unpaired) electrons. The molecule has 154 valence electrons. The lowest BCUT2D eigenvalue weighted by molar-refractivity contribution is -0.152. The van der Waals surface area contributed by atoms with Gasteiger partial charge in [-0.1, -0.05) is 46.3 Å². The Morgan fingerprint density at radius 1 is 0.931 bits per heavy atom. The number of halogens is 1. The molecule has 29 heavy (non-hydrogen) atoms. The molecule has 9 heteroatoms. The van der Waals surface area contributed by atoms with Crippen LogP contribution in [0.3, 0.4) is 0 Å².